The summed E-state index contributed by atoms with van der Waals surface area (Å²) in [5.41, 5.74) is 3.90. The largest absolute Gasteiger partial charge is 0.351 e. The van der Waals surface area contributed by atoms with Crippen LogP contribution < -0.4 is 5.32 Å². The predicted octanol–water partition coefficient (Wildman–Crippen LogP) is 4.30. The molecule has 27 heavy (non-hydrogen) atoms. The topological polar surface area (TPSA) is 80.9 Å². The smallest absolute Gasteiger partial charge is 0.270 e. The van der Waals surface area contributed by atoms with Gasteiger partial charge in [0.25, 0.3) is 5.91 Å². The Morgan fingerprint density at radius 3 is 2.78 bits per heavy atom. The average Bonchev–Trinajstić information content (AvgIpc) is 3.28. The lowest BCUT2D eigenvalue weighted by Gasteiger charge is -2.03. The summed E-state index contributed by atoms with van der Waals surface area (Å²) in [6.45, 7) is 8.71. The first-order valence-corrected chi connectivity index (χ1v) is 9.96. The van der Waals surface area contributed by atoms with Crippen molar-refractivity contribution in [2.45, 2.75) is 46.5 Å². The van der Waals surface area contributed by atoms with Crippen molar-refractivity contribution in [1.29, 1.82) is 0 Å². The van der Waals surface area contributed by atoms with E-state index >= 15 is 0 Å². The zero-order valence-electron chi connectivity index (χ0n) is 16.1. The van der Waals surface area contributed by atoms with E-state index in [4.69, 9.17) is 4.52 Å². The summed E-state index contributed by atoms with van der Waals surface area (Å²) in [6.07, 6.45) is 1.38. The molecule has 0 saturated heterocycles. The molecule has 0 unspecified atom stereocenters. The molecular weight excluding hydrogens is 360 g/mol. The number of thiazole rings is 1. The van der Waals surface area contributed by atoms with Crippen LogP contribution in [0.5, 0.6) is 0 Å². The van der Waals surface area contributed by atoms with Crippen molar-refractivity contribution >= 4 is 17.2 Å². The molecule has 0 aliphatic rings. The van der Waals surface area contributed by atoms with Gasteiger partial charge >= 0.3 is 0 Å². The van der Waals surface area contributed by atoms with Crippen LogP contribution in [0.15, 0.2) is 28.1 Å². The van der Waals surface area contributed by atoms with Crippen LogP contribution in [0.3, 0.4) is 0 Å². The van der Waals surface area contributed by atoms with E-state index in [0.717, 1.165) is 28.4 Å². The Bertz CT molecular complexity index is 930. The van der Waals surface area contributed by atoms with Crippen LogP contribution >= 0.6 is 11.3 Å². The van der Waals surface area contributed by atoms with Crippen LogP contribution in [-0.2, 0) is 6.42 Å². The summed E-state index contributed by atoms with van der Waals surface area (Å²) in [5.74, 6) is 1.42. The monoisotopic (exact) mass is 384 g/mol. The molecule has 0 saturated carbocycles. The number of hydrogen-bond donors (Lipinski definition) is 1. The Labute approximate surface area is 163 Å². The number of amides is 1. The van der Waals surface area contributed by atoms with Gasteiger partial charge in [-0.1, -0.05) is 42.8 Å². The molecule has 1 amide bonds. The highest BCUT2D eigenvalue weighted by molar-refractivity contribution is 7.13. The van der Waals surface area contributed by atoms with E-state index in [1.54, 1.807) is 5.38 Å². The lowest BCUT2D eigenvalue weighted by molar-refractivity contribution is 0.0948. The molecule has 0 aliphatic heterocycles. The van der Waals surface area contributed by atoms with Crippen molar-refractivity contribution in [3.63, 3.8) is 0 Å². The molecule has 1 N–H and O–H groups in total. The highest BCUT2D eigenvalue weighted by Crippen LogP contribution is 2.27. The van der Waals surface area contributed by atoms with E-state index in [9.17, 15) is 4.79 Å². The molecule has 142 valence electrons. The lowest BCUT2D eigenvalue weighted by Crippen LogP contribution is -2.25. The second kappa shape index (κ2) is 8.43. The molecule has 0 spiro atoms. The van der Waals surface area contributed by atoms with Gasteiger partial charge in [-0.15, -0.1) is 11.3 Å². The Kier molecular flexibility index (Phi) is 6.01. The molecule has 3 rings (SSSR count). The van der Waals surface area contributed by atoms with Gasteiger partial charge in [0.1, 0.15) is 10.7 Å². The second-order valence-corrected chi connectivity index (χ2v) is 7.77. The third-order valence-electron chi connectivity index (χ3n) is 4.20. The summed E-state index contributed by atoms with van der Waals surface area (Å²) >= 11 is 1.49. The van der Waals surface area contributed by atoms with Gasteiger partial charge in [-0.25, -0.2) is 4.98 Å². The first-order valence-electron chi connectivity index (χ1n) is 9.08. The summed E-state index contributed by atoms with van der Waals surface area (Å²) < 4.78 is 5.21. The number of aromatic nitrogens is 3. The number of aryl methyl sites for hydroxylation is 3. The fraction of sp³-hybridized carbons (Fsp3) is 0.400. The number of rotatable bonds is 7. The van der Waals surface area contributed by atoms with Crippen molar-refractivity contribution in [2.24, 2.45) is 0 Å². The van der Waals surface area contributed by atoms with Crippen molar-refractivity contribution in [1.82, 2.24) is 20.4 Å². The van der Waals surface area contributed by atoms with Crippen molar-refractivity contribution in [2.75, 3.05) is 6.54 Å². The van der Waals surface area contributed by atoms with Gasteiger partial charge in [0, 0.05) is 29.8 Å². The van der Waals surface area contributed by atoms with E-state index in [1.165, 1.54) is 16.9 Å². The van der Waals surface area contributed by atoms with Crippen LogP contribution in [0.1, 0.15) is 59.5 Å². The average molecular weight is 385 g/mol. The highest BCUT2D eigenvalue weighted by atomic mass is 32.1. The van der Waals surface area contributed by atoms with Gasteiger partial charge in [0.15, 0.2) is 5.82 Å². The quantitative estimate of drug-likeness (QED) is 0.614. The Hall–Kier alpha value is -2.54. The van der Waals surface area contributed by atoms with Crippen molar-refractivity contribution in [3.8, 4) is 10.6 Å². The Morgan fingerprint density at radius 1 is 1.26 bits per heavy atom. The first-order chi connectivity index (χ1) is 12.9. The molecule has 6 nitrogen and oxygen atoms in total. The summed E-state index contributed by atoms with van der Waals surface area (Å²) in [5, 5.41) is 9.51. The van der Waals surface area contributed by atoms with Gasteiger partial charge in [-0.3, -0.25) is 4.79 Å². The molecule has 1 aromatic carbocycles. The summed E-state index contributed by atoms with van der Waals surface area (Å²) in [7, 11) is 0. The zero-order chi connectivity index (χ0) is 19.4. The number of nitrogens with zero attached hydrogens (tertiary/aromatic N) is 3. The van der Waals surface area contributed by atoms with Crippen LogP contribution in [-0.4, -0.2) is 27.6 Å². The maximum absolute atomic E-state index is 12.3. The van der Waals surface area contributed by atoms with Crippen molar-refractivity contribution in [3.05, 3.63) is 52.1 Å². The number of nitrogens with one attached hydrogen (secondary N) is 1. The fourth-order valence-electron chi connectivity index (χ4n) is 2.69. The SMILES string of the molecule is Cc1ccc(-c2nc(C(=O)NCCCc3nc(C(C)C)no3)cs2)c(C)c1. The number of carbonyl (C=O) groups is 1. The van der Waals surface area contributed by atoms with E-state index in [-0.39, 0.29) is 11.8 Å². The molecule has 0 bridgehead atoms. The minimum atomic E-state index is -0.157. The molecule has 7 heteroatoms. The third-order valence-corrected chi connectivity index (χ3v) is 5.08. The molecule has 3 aromatic rings. The van der Waals surface area contributed by atoms with E-state index in [2.05, 4.69) is 52.5 Å². The molecule has 0 fully saturated rings. The minimum Gasteiger partial charge on any atom is -0.351 e. The second-order valence-electron chi connectivity index (χ2n) is 6.92. The van der Waals surface area contributed by atoms with Crippen LogP contribution in [0.25, 0.3) is 10.6 Å². The molecular formula is C20H24N4O2S. The maximum atomic E-state index is 12.3. The van der Waals surface area contributed by atoms with Crippen LogP contribution in [0, 0.1) is 13.8 Å². The van der Waals surface area contributed by atoms with Gasteiger partial charge in [0.2, 0.25) is 5.89 Å². The minimum absolute atomic E-state index is 0.157. The molecule has 0 aliphatic carbocycles. The predicted molar refractivity (Wildman–Crippen MR) is 106 cm³/mol. The maximum Gasteiger partial charge on any atom is 0.270 e. The third kappa shape index (κ3) is 4.80. The van der Waals surface area contributed by atoms with Crippen LogP contribution in [0.4, 0.5) is 0 Å². The lowest BCUT2D eigenvalue weighted by atomic mass is 10.1. The zero-order valence-corrected chi connectivity index (χ0v) is 16.9. The fourth-order valence-corrected chi connectivity index (χ4v) is 3.58. The summed E-state index contributed by atoms with van der Waals surface area (Å²) in [4.78, 5) is 21.1. The van der Waals surface area contributed by atoms with E-state index in [0.29, 0.717) is 24.6 Å². The first kappa shape index (κ1) is 19.2. The normalized spacial score (nSPS) is 11.1. The number of benzene rings is 1. The highest BCUT2D eigenvalue weighted by Gasteiger charge is 2.13. The van der Waals surface area contributed by atoms with E-state index < -0.39 is 0 Å². The van der Waals surface area contributed by atoms with Crippen molar-refractivity contribution < 1.29 is 9.32 Å². The van der Waals surface area contributed by atoms with Crippen LogP contribution in [0.2, 0.25) is 0 Å². The van der Waals surface area contributed by atoms with Gasteiger partial charge in [0.05, 0.1) is 0 Å². The summed E-state index contributed by atoms with van der Waals surface area (Å²) in [6, 6.07) is 6.24. The van der Waals surface area contributed by atoms with Gasteiger partial charge in [-0.05, 0) is 25.8 Å². The molecule has 2 heterocycles. The molecule has 0 atom stereocenters. The Morgan fingerprint density at radius 2 is 2.07 bits per heavy atom. The Balaban J connectivity index is 1.52. The van der Waals surface area contributed by atoms with Gasteiger partial charge in [-0.2, -0.15) is 4.98 Å². The molecule has 0 radical (unpaired) electrons. The molecule has 2 aromatic heterocycles. The number of hydrogen-bond acceptors (Lipinski definition) is 6. The number of carbonyl (C=O) groups excluding carboxylic acids is 1. The van der Waals surface area contributed by atoms with E-state index in [1.807, 2.05) is 13.8 Å². The van der Waals surface area contributed by atoms with Gasteiger partial charge < -0.3 is 9.84 Å². The standard InChI is InChI=1S/C20H24N4O2S/c1-12(2)18-23-17(26-24-18)6-5-9-21-19(25)16-11-27-20(22-16)15-8-7-13(3)10-14(15)4/h7-8,10-12H,5-6,9H2,1-4H3,(H,21,25).